The largest absolute Gasteiger partial charge is 0.490 e. The van der Waals surface area contributed by atoms with Crippen molar-refractivity contribution < 1.29 is 27.5 Å². The fourth-order valence-electron chi connectivity index (χ4n) is 3.68. The maximum atomic E-state index is 13.2. The molecule has 172 valence electrons. The predicted molar refractivity (Wildman–Crippen MR) is 124 cm³/mol. The van der Waals surface area contributed by atoms with E-state index in [1.807, 2.05) is 6.92 Å². The lowest BCUT2D eigenvalue weighted by Crippen LogP contribution is -2.23. The van der Waals surface area contributed by atoms with Gasteiger partial charge in [-0.1, -0.05) is 24.3 Å². The van der Waals surface area contributed by atoms with Gasteiger partial charge in [0.25, 0.3) is 5.91 Å². The molecule has 0 unspecified atom stereocenters. The number of benzene rings is 2. The van der Waals surface area contributed by atoms with Crippen LogP contribution in [0.1, 0.15) is 29.7 Å². The zero-order chi connectivity index (χ0) is 23.6. The number of sulfone groups is 1. The molecule has 2 heterocycles. The molecule has 0 saturated heterocycles. The van der Waals surface area contributed by atoms with E-state index in [1.54, 1.807) is 41.8 Å². The monoisotopic (exact) mass is 486 g/mol. The molecule has 8 nitrogen and oxygen atoms in total. The van der Waals surface area contributed by atoms with E-state index in [9.17, 15) is 18.0 Å². The van der Waals surface area contributed by atoms with Crippen molar-refractivity contribution in [3.8, 4) is 11.5 Å². The van der Waals surface area contributed by atoms with Gasteiger partial charge in [-0.3, -0.25) is 9.59 Å². The Hall–Kier alpha value is -3.37. The number of nitrogens with two attached hydrogens (primary N) is 1. The van der Waals surface area contributed by atoms with Gasteiger partial charge < -0.3 is 20.5 Å². The van der Waals surface area contributed by atoms with Crippen molar-refractivity contribution in [3.05, 3.63) is 64.4 Å². The SMILES string of the molecule is CCOc1cc([C@H]2CC(=O)Nc3c(S(=O)(=O)c4ccccc4)csc32)ccc1OCC(N)=O. The van der Waals surface area contributed by atoms with Crippen molar-refractivity contribution in [1.29, 1.82) is 0 Å². The summed E-state index contributed by atoms with van der Waals surface area (Å²) in [6, 6.07) is 13.3. The molecule has 1 atom stereocenters. The molecule has 2 amide bonds. The van der Waals surface area contributed by atoms with E-state index in [1.165, 1.54) is 23.5 Å². The Balaban J connectivity index is 1.74. The van der Waals surface area contributed by atoms with Crippen LogP contribution in [0.4, 0.5) is 5.69 Å². The third-order valence-corrected chi connectivity index (χ3v) is 8.18. The lowest BCUT2D eigenvalue weighted by atomic mass is 9.90. The number of carbonyl (C=O) groups excluding carboxylic acids is 2. The van der Waals surface area contributed by atoms with Gasteiger partial charge in [0.1, 0.15) is 4.90 Å². The highest BCUT2D eigenvalue weighted by Crippen LogP contribution is 2.47. The average molecular weight is 487 g/mol. The van der Waals surface area contributed by atoms with Crippen molar-refractivity contribution in [1.82, 2.24) is 0 Å². The smallest absolute Gasteiger partial charge is 0.255 e. The summed E-state index contributed by atoms with van der Waals surface area (Å²) in [6.07, 6.45) is 0.158. The van der Waals surface area contributed by atoms with Gasteiger partial charge in [-0.05, 0) is 36.8 Å². The second-order valence-corrected chi connectivity index (χ2v) is 10.2. The molecule has 1 aliphatic rings. The van der Waals surface area contributed by atoms with E-state index < -0.39 is 15.7 Å². The Bertz CT molecular complexity index is 1300. The van der Waals surface area contributed by atoms with E-state index in [2.05, 4.69) is 5.32 Å². The second-order valence-electron chi connectivity index (χ2n) is 7.35. The molecule has 33 heavy (non-hydrogen) atoms. The zero-order valence-electron chi connectivity index (χ0n) is 17.7. The predicted octanol–water partition coefficient (Wildman–Crippen LogP) is 3.32. The van der Waals surface area contributed by atoms with E-state index >= 15 is 0 Å². The van der Waals surface area contributed by atoms with Gasteiger partial charge in [0, 0.05) is 22.6 Å². The Morgan fingerprint density at radius 2 is 1.91 bits per heavy atom. The van der Waals surface area contributed by atoms with E-state index in [0.717, 1.165) is 10.4 Å². The standard InChI is InChI=1S/C23H22N2O6S2/c1-2-30-18-10-14(8-9-17(18)31-12-20(24)26)16-11-21(27)25-22-19(13-32-23(16)22)33(28,29)15-6-4-3-5-7-15/h3-10,13,16H,2,11-12H2,1H3,(H2,24,26)(H,25,27)/t16-/m1/s1. The fraction of sp³-hybridized carbons (Fsp3) is 0.217. The number of hydrogen-bond donors (Lipinski definition) is 2. The summed E-state index contributed by atoms with van der Waals surface area (Å²) in [7, 11) is -3.80. The number of rotatable bonds is 8. The van der Waals surface area contributed by atoms with E-state index in [4.69, 9.17) is 15.2 Å². The van der Waals surface area contributed by atoms with Crippen molar-refractivity contribution in [2.45, 2.75) is 29.1 Å². The molecule has 3 N–H and O–H groups in total. The Morgan fingerprint density at radius 3 is 2.61 bits per heavy atom. The topological polar surface area (TPSA) is 125 Å². The number of primary amides is 1. The molecular formula is C23H22N2O6S2. The lowest BCUT2D eigenvalue weighted by Gasteiger charge is -2.24. The zero-order valence-corrected chi connectivity index (χ0v) is 19.4. The highest BCUT2D eigenvalue weighted by atomic mass is 32.2. The quantitative estimate of drug-likeness (QED) is 0.503. The van der Waals surface area contributed by atoms with Crippen LogP contribution < -0.4 is 20.5 Å². The molecule has 10 heteroatoms. The van der Waals surface area contributed by atoms with Crippen molar-refractivity contribution in [2.24, 2.45) is 5.73 Å². The van der Waals surface area contributed by atoms with Crippen LogP contribution in [-0.2, 0) is 19.4 Å². The molecule has 3 aromatic rings. The number of fused-ring (bicyclic) bond motifs is 1. The van der Waals surface area contributed by atoms with Gasteiger partial charge in [0.05, 0.1) is 17.2 Å². The Morgan fingerprint density at radius 1 is 1.15 bits per heavy atom. The number of nitrogens with one attached hydrogen (secondary N) is 1. The molecule has 0 fully saturated rings. The lowest BCUT2D eigenvalue weighted by molar-refractivity contribution is -0.120. The van der Waals surface area contributed by atoms with Crippen LogP contribution in [0, 0.1) is 0 Å². The van der Waals surface area contributed by atoms with Gasteiger partial charge in [-0.25, -0.2) is 8.42 Å². The molecule has 2 aromatic carbocycles. The van der Waals surface area contributed by atoms with Gasteiger partial charge in [-0.2, -0.15) is 0 Å². The van der Waals surface area contributed by atoms with Gasteiger partial charge in [0.15, 0.2) is 18.1 Å². The number of hydrogen-bond acceptors (Lipinski definition) is 7. The van der Waals surface area contributed by atoms with Gasteiger partial charge in [0.2, 0.25) is 15.7 Å². The minimum atomic E-state index is -3.80. The maximum absolute atomic E-state index is 13.2. The highest BCUT2D eigenvalue weighted by Gasteiger charge is 2.34. The first kappa shape index (κ1) is 22.8. The van der Waals surface area contributed by atoms with Crippen LogP contribution in [0.2, 0.25) is 0 Å². The first-order chi connectivity index (χ1) is 15.8. The molecule has 0 radical (unpaired) electrons. The summed E-state index contributed by atoms with van der Waals surface area (Å²) in [6.45, 7) is 1.89. The minimum Gasteiger partial charge on any atom is -0.490 e. The first-order valence-electron chi connectivity index (χ1n) is 10.2. The summed E-state index contributed by atoms with van der Waals surface area (Å²) in [5.41, 5.74) is 6.25. The second kappa shape index (κ2) is 9.24. The van der Waals surface area contributed by atoms with Crippen LogP contribution in [0.15, 0.2) is 63.7 Å². The van der Waals surface area contributed by atoms with Crippen molar-refractivity contribution in [2.75, 3.05) is 18.5 Å². The molecule has 1 aromatic heterocycles. The summed E-state index contributed by atoms with van der Waals surface area (Å²) >= 11 is 1.29. The Labute approximate surface area is 195 Å². The number of amides is 2. The van der Waals surface area contributed by atoms with Gasteiger partial charge in [-0.15, -0.1) is 11.3 Å². The first-order valence-corrected chi connectivity index (χ1v) is 12.6. The molecule has 1 aliphatic heterocycles. The highest BCUT2D eigenvalue weighted by molar-refractivity contribution is 7.91. The maximum Gasteiger partial charge on any atom is 0.255 e. The van der Waals surface area contributed by atoms with Crippen LogP contribution >= 0.6 is 11.3 Å². The number of ether oxygens (including phenoxy) is 2. The van der Waals surface area contributed by atoms with E-state index in [-0.39, 0.29) is 34.6 Å². The van der Waals surface area contributed by atoms with Crippen LogP contribution in [-0.4, -0.2) is 33.4 Å². The third kappa shape index (κ3) is 4.57. The molecule has 4 rings (SSSR count). The van der Waals surface area contributed by atoms with E-state index in [0.29, 0.717) is 23.8 Å². The molecular weight excluding hydrogens is 464 g/mol. The van der Waals surface area contributed by atoms with Gasteiger partial charge >= 0.3 is 0 Å². The summed E-state index contributed by atoms with van der Waals surface area (Å²) in [5.74, 6) is -0.470. The van der Waals surface area contributed by atoms with Crippen molar-refractivity contribution >= 4 is 38.7 Å². The van der Waals surface area contributed by atoms with Crippen molar-refractivity contribution in [3.63, 3.8) is 0 Å². The summed E-state index contributed by atoms with van der Waals surface area (Å²) in [5, 5.41) is 4.32. The normalized spacial score (nSPS) is 15.4. The van der Waals surface area contributed by atoms with Crippen LogP contribution in [0.5, 0.6) is 11.5 Å². The average Bonchev–Trinajstić information content (AvgIpc) is 3.23. The molecule has 0 bridgehead atoms. The number of anilines is 1. The number of thiophene rings is 1. The van der Waals surface area contributed by atoms with Crippen LogP contribution in [0.3, 0.4) is 0 Å². The number of carbonyl (C=O) groups is 2. The molecule has 0 aliphatic carbocycles. The minimum absolute atomic E-state index is 0.0817. The fourth-order valence-corrected chi connectivity index (χ4v) is 6.60. The third-order valence-electron chi connectivity index (χ3n) is 5.14. The molecule has 0 spiro atoms. The Kier molecular flexibility index (Phi) is 6.39. The summed E-state index contributed by atoms with van der Waals surface area (Å²) in [4.78, 5) is 24.6. The molecule has 0 saturated carbocycles. The van der Waals surface area contributed by atoms with Crippen LogP contribution in [0.25, 0.3) is 0 Å². The summed E-state index contributed by atoms with van der Waals surface area (Å²) < 4.78 is 37.5.